The first-order valence-corrected chi connectivity index (χ1v) is 9.09. The van der Waals surface area contributed by atoms with Crippen molar-refractivity contribution in [1.82, 2.24) is 4.57 Å². The van der Waals surface area contributed by atoms with Crippen molar-refractivity contribution in [2.24, 2.45) is 0 Å². The number of halogens is 1. The number of benzene rings is 1. The van der Waals surface area contributed by atoms with Gasteiger partial charge in [0.2, 0.25) is 5.56 Å². The summed E-state index contributed by atoms with van der Waals surface area (Å²) in [6.07, 6.45) is 2.00. The van der Waals surface area contributed by atoms with Gasteiger partial charge in [-0.05, 0) is 28.9 Å². The summed E-state index contributed by atoms with van der Waals surface area (Å²) < 4.78 is 8.06. The van der Waals surface area contributed by atoms with Crippen LogP contribution in [0.1, 0.15) is 12.5 Å². The Kier molecular flexibility index (Phi) is 8.68. The molecule has 0 amide bonds. The fraction of sp³-hybridized carbons (Fsp3) is 0.312. The molecule has 0 unspecified atom stereocenters. The normalized spacial score (nSPS) is 10.2. The number of ether oxygens (including phenoxy) is 1. The van der Waals surface area contributed by atoms with Crippen molar-refractivity contribution in [1.29, 1.82) is 0 Å². The molecule has 0 aliphatic carbocycles. The number of pyridine rings is 1. The monoisotopic (exact) mass is 503 g/mol. The smallest absolute Gasteiger partial charge is 0.207 e. The molecule has 0 saturated heterocycles. The van der Waals surface area contributed by atoms with Gasteiger partial charge in [0, 0.05) is 39.3 Å². The van der Waals surface area contributed by atoms with Crippen molar-refractivity contribution in [2.45, 2.75) is 20.4 Å². The summed E-state index contributed by atoms with van der Waals surface area (Å²) in [6.45, 7) is 4.63. The number of nitrogens with zero attached hydrogens (tertiary/aromatic N) is 1. The second kappa shape index (κ2) is 9.45. The Labute approximate surface area is 174 Å². The van der Waals surface area contributed by atoms with E-state index in [0.717, 1.165) is 22.6 Å². The summed E-state index contributed by atoms with van der Waals surface area (Å²) in [5.41, 5.74) is 2.96. The molecule has 0 bridgehead atoms. The van der Waals surface area contributed by atoms with E-state index in [4.69, 9.17) is 4.74 Å². The van der Waals surface area contributed by atoms with Gasteiger partial charge in [-0.25, -0.2) is 0 Å². The Bertz CT molecular complexity index is 703. The van der Waals surface area contributed by atoms with Crippen LogP contribution in [0.5, 0.6) is 5.75 Å². The van der Waals surface area contributed by atoms with E-state index in [1.807, 2.05) is 38.3 Å². The molecule has 0 atom stereocenters. The quantitative estimate of drug-likeness (QED) is 0.352. The first kappa shape index (κ1) is 20.2. The van der Waals surface area contributed by atoms with Crippen LogP contribution in [0.25, 0.3) is 11.3 Å². The van der Waals surface area contributed by atoms with E-state index >= 15 is 0 Å². The largest absolute Gasteiger partial charge is 0.483 e. The molecule has 0 aliphatic heterocycles. The van der Waals surface area contributed by atoms with Crippen LogP contribution in [0.2, 0.25) is 0 Å². The second-order valence-electron chi connectivity index (χ2n) is 4.56. The van der Waals surface area contributed by atoms with E-state index < -0.39 is 0 Å². The van der Waals surface area contributed by atoms with Gasteiger partial charge in [0.15, 0.2) is 0 Å². The fourth-order valence-electron chi connectivity index (χ4n) is 2.15. The molecule has 6 heteroatoms. The first-order valence-electron chi connectivity index (χ1n) is 6.62. The third-order valence-electron chi connectivity index (χ3n) is 3.17. The third kappa shape index (κ3) is 4.59. The molecule has 0 saturated carbocycles. The van der Waals surface area contributed by atoms with Crippen molar-refractivity contribution in [3.05, 3.63) is 49.8 Å². The predicted octanol–water partition coefficient (Wildman–Crippen LogP) is 3.95. The van der Waals surface area contributed by atoms with Crippen molar-refractivity contribution < 1.29 is 37.4 Å². The van der Waals surface area contributed by atoms with Gasteiger partial charge in [0.1, 0.15) is 11.7 Å². The molecule has 0 aliphatic rings. The molecule has 1 aromatic carbocycles. The molecule has 115 valence electrons. The van der Waals surface area contributed by atoms with Gasteiger partial charge >= 0.3 is 0 Å². The van der Waals surface area contributed by atoms with E-state index in [-0.39, 0.29) is 38.3 Å². The Balaban J connectivity index is 0.00000242. The third-order valence-corrected chi connectivity index (χ3v) is 4.29. The van der Waals surface area contributed by atoms with Crippen molar-refractivity contribution in [3.8, 4) is 17.0 Å². The van der Waals surface area contributed by atoms with Gasteiger partial charge in [0.05, 0.1) is 0 Å². The number of aryl methyl sites for hydroxylation is 1. The minimum atomic E-state index is 0. The Morgan fingerprint density at radius 2 is 2.14 bits per heavy atom. The summed E-state index contributed by atoms with van der Waals surface area (Å²) in [5.74, 6) is 1.48. The summed E-state index contributed by atoms with van der Waals surface area (Å²) in [4.78, 5) is 12.2. The number of aromatic nitrogens is 1. The molecule has 0 N–H and O–H groups in total. The van der Waals surface area contributed by atoms with Gasteiger partial charge < -0.3 is 9.30 Å². The Morgan fingerprint density at radius 3 is 2.73 bits per heavy atom. The maximum Gasteiger partial charge on any atom is 0.207 e. The topological polar surface area (TPSA) is 31.2 Å². The van der Waals surface area contributed by atoms with Crippen LogP contribution in [0.3, 0.4) is 0 Å². The summed E-state index contributed by atoms with van der Waals surface area (Å²) in [7, 11) is 0. The van der Waals surface area contributed by atoms with Crippen molar-refractivity contribution in [3.63, 3.8) is 0 Å². The van der Waals surface area contributed by atoms with Crippen LogP contribution in [0, 0.1) is 16.6 Å². The summed E-state index contributed by atoms with van der Waals surface area (Å²) in [6, 6.07) is 10.9. The van der Waals surface area contributed by atoms with Gasteiger partial charge in [-0.1, -0.05) is 23.7 Å². The molecule has 2 rings (SSSR count). The fourth-order valence-corrected chi connectivity index (χ4v) is 2.85. The van der Waals surface area contributed by atoms with Crippen LogP contribution in [0.15, 0.2) is 29.1 Å². The van der Waals surface area contributed by atoms with E-state index in [1.165, 1.54) is 0 Å². The maximum atomic E-state index is 12.2. The van der Waals surface area contributed by atoms with Crippen LogP contribution in [0.4, 0.5) is 0 Å². The minimum absolute atomic E-state index is 0. The molecule has 3 nitrogen and oxygen atoms in total. The van der Waals surface area contributed by atoms with E-state index in [9.17, 15) is 4.79 Å². The number of rotatable bonds is 5. The zero-order chi connectivity index (χ0) is 15.4. The average Bonchev–Trinajstić information content (AvgIpc) is 2.48. The SMILES string of the molecule is CCn1c(-c2ccc(OCSC)cc2C)[c-]cc(I)c1=O.[Y]. The van der Waals surface area contributed by atoms with Crippen molar-refractivity contribution >= 4 is 34.4 Å². The number of hydrogen-bond donors (Lipinski definition) is 0. The maximum absolute atomic E-state index is 12.2. The second-order valence-corrected chi connectivity index (χ2v) is 6.54. The molecule has 22 heavy (non-hydrogen) atoms. The van der Waals surface area contributed by atoms with Gasteiger partial charge in [-0.2, -0.15) is 12.1 Å². The first-order chi connectivity index (χ1) is 10.1. The van der Waals surface area contributed by atoms with Gasteiger partial charge in [0.25, 0.3) is 0 Å². The number of hydrogen-bond acceptors (Lipinski definition) is 3. The van der Waals surface area contributed by atoms with E-state index in [2.05, 4.69) is 28.7 Å². The van der Waals surface area contributed by atoms with Crippen LogP contribution < -0.4 is 10.3 Å². The predicted molar refractivity (Wildman–Crippen MR) is 97.1 cm³/mol. The van der Waals surface area contributed by atoms with Gasteiger partial charge in [-0.3, -0.25) is 4.79 Å². The summed E-state index contributed by atoms with van der Waals surface area (Å²) >= 11 is 3.69. The molecule has 1 heterocycles. The van der Waals surface area contributed by atoms with Crippen molar-refractivity contribution in [2.75, 3.05) is 12.2 Å². The van der Waals surface area contributed by atoms with Crippen LogP contribution in [-0.2, 0) is 39.3 Å². The molecule has 0 spiro atoms. The number of thioether (sulfide) groups is 1. The van der Waals surface area contributed by atoms with Crippen LogP contribution in [-0.4, -0.2) is 16.8 Å². The molecule has 2 aromatic rings. The molecular weight excluding hydrogens is 486 g/mol. The molecule has 0 fully saturated rings. The van der Waals surface area contributed by atoms with Crippen LogP contribution >= 0.6 is 34.4 Å². The zero-order valence-electron chi connectivity index (χ0n) is 12.9. The zero-order valence-corrected chi connectivity index (χ0v) is 18.7. The summed E-state index contributed by atoms with van der Waals surface area (Å²) in [5, 5.41) is 0. The standard InChI is InChI=1S/C16H17INO2S.Y/c1-4-18-15(8-7-14(17)16(18)19)13-6-5-12(9-11(13)2)20-10-21-3;/h5-7,9H,4,10H2,1-3H3;/q-1;. The van der Waals surface area contributed by atoms with E-state index in [1.54, 1.807) is 22.4 Å². The average molecular weight is 503 g/mol. The van der Waals surface area contributed by atoms with E-state index in [0.29, 0.717) is 16.1 Å². The Morgan fingerprint density at radius 1 is 1.41 bits per heavy atom. The van der Waals surface area contributed by atoms with Gasteiger partial charge in [-0.15, -0.1) is 40.4 Å². The molecule has 1 aromatic heterocycles. The molecule has 1 radical (unpaired) electrons. The molecular formula is C16H17INO2SY-. The Hall–Kier alpha value is 0.154. The minimum Gasteiger partial charge on any atom is -0.483 e.